The lowest BCUT2D eigenvalue weighted by molar-refractivity contribution is -0.135. The lowest BCUT2D eigenvalue weighted by Gasteiger charge is -2.21. The highest BCUT2D eigenvalue weighted by Crippen LogP contribution is 2.26. The molecule has 0 bridgehead atoms. The molecule has 1 aromatic carbocycles. The third-order valence-corrected chi connectivity index (χ3v) is 4.15. The van der Waals surface area contributed by atoms with Crippen molar-refractivity contribution in [2.24, 2.45) is 5.92 Å². The number of aromatic amines is 1. The largest absolute Gasteiger partial charge is 0.340 e. The molecule has 1 aliphatic rings. The molecule has 3 rings (SSSR count). The predicted molar refractivity (Wildman–Crippen MR) is 90.4 cm³/mol. The van der Waals surface area contributed by atoms with Gasteiger partial charge in [-0.1, -0.05) is 24.3 Å². The number of pyridine rings is 1. The molecule has 124 valence electrons. The van der Waals surface area contributed by atoms with Crippen LogP contribution in [0.3, 0.4) is 0 Å². The lowest BCUT2D eigenvalue weighted by atomic mass is 10.1. The summed E-state index contributed by atoms with van der Waals surface area (Å²) >= 11 is 0. The Balaban J connectivity index is 1.67. The van der Waals surface area contributed by atoms with Gasteiger partial charge in [0.1, 0.15) is 0 Å². The first-order valence-corrected chi connectivity index (χ1v) is 7.83. The van der Waals surface area contributed by atoms with Crippen LogP contribution >= 0.6 is 0 Å². The van der Waals surface area contributed by atoms with Gasteiger partial charge in [0.15, 0.2) is 0 Å². The molecule has 1 fully saturated rings. The molecule has 1 atom stereocenters. The van der Waals surface area contributed by atoms with Gasteiger partial charge < -0.3 is 14.8 Å². The Labute approximate surface area is 139 Å². The van der Waals surface area contributed by atoms with Crippen molar-refractivity contribution in [3.05, 3.63) is 64.6 Å². The smallest absolute Gasteiger partial charge is 0.248 e. The fraction of sp³-hybridized carbons (Fsp3) is 0.278. The van der Waals surface area contributed by atoms with Crippen LogP contribution < -0.4 is 10.5 Å². The van der Waals surface area contributed by atoms with Crippen molar-refractivity contribution in [2.75, 3.05) is 18.5 Å². The normalized spacial score (nSPS) is 17.1. The van der Waals surface area contributed by atoms with Crippen LogP contribution in [-0.4, -0.2) is 35.3 Å². The second kappa shape index (κ2) is 6.70. The number of rotatable bonds is 4. The van der Waals surface area contributed by atoms with Crippen LogP contribution in [0.1, 0.15) is 12.1 Å². The maximum absolute atomic E-state index is 12.6. The van der Waals surface area contributed by atoms with Crippen LogP contribution in [0.5, 0.6) is 0 Å². The van der Waals surface area contributed by atoms with Crippen molar-refractivity contribution in [1.82, 2.24) is 9.88 Å². The van der Waals surface area contributed by atoms with Crippen LogP contribution in [-0.2, 0) is 16.1 Å². The van der Waals surface area contributed by atoms with Crippen molar-refractivity contribution in [3.63, 3.8) is 0 Å². The van der Waals surface area contributed by atoms with E-state index in [9.17, 15) is 14.4 Å². The molecule has 1 N–H and O–H groups in total. The summed E-state index contributed by atoms with van der Waals surface area (Å²) in [5, 5.41) is 0. The summed E-state index contributed by atoms with van der Waals surface area (Å²) in [5.74, 6) is -0.495. The zero-order valence-corrected chi connectivity index (χ0v) is 13.4. The molecule has 6 nitrogen and oxygen atoms in total. The van der Waals surface area contributed by atoms with Crippen molar-refractivity contribution in [2.45, 2.75) is 13.0 Å². The van der Waals surface area contributed by atoms with Crippen molar-refractivity contribution >= 4 is 17.5 Å². The first kappa shape index (κ1) is 16.0. The predicted octanol–water partition coefficient (Wildman–Crippen LogP) is 1.39. The van der Waals surface area contributed by atoms with Gasteiger partial charge in [0.25, 0.3) is 0 Å². The van der Waals surface area contributed by atoms with Gasteiger partial charge in [-0.25, -0.2) is 0 Å². The van der Waals surface area contributed by atoms with E-state index in [0.29, 0.717) is 18.8 Å². The first-order chi connectivity index (χ1) is 11.5. The Bertz CT molecular complexity index is 800. The summed E-state index contributed by atoms with van der Waals surface area (Å²) in [6.45, 7) is 0.697. The number of nitrogens with zero attached hydrogens (tertiary/aromatic N) is 2. The Hall–Kier alpha value is -2.89. The van der Waals surface area contributed by atoms with Gasteiger partial charge in [0.05, 0.1) is 12.5 Å². The number of hydrogen-bond acceptors (Lipinski definition) is 3. The number of benzene rings is 1. The van der Waals surface area contributed by atoms with Crippen LogP contribution in [0.4, 0.5) is 5.69 Å². The second-order valence-electron chi connectivity index (χ2n) is 5.98. The number of nitrogens with one attached hydrogen (secondary N) is 1. The average Bonchev–Trinajstić information content (AvgIpc) is 2.96. The van der Waals surface area contributed by atoms with E-state index in [0.717, 1.165) is 5.69 Å². The maximum atomic E-state index is 12.6. The summed E-state index contributed by atoms with van der Waals surface area (Å²) < 4.78 is 0. The van der Waals surface area contributed by atoms with Crippen LogP contribution in [0.2, 0.25) is 0 Å². The lowest BCUT2D eigenvalue weighted by Crippen LogP contribution is -2.34. The molecule has 0 spiro atoms. The van der Waals surface area contributed by atoms with Gasteiger partial charge in [-0.2, -0.15) is 0 Å². The molecule has 1 saturated heterocycles. The van der Waals surface area contributed by atoms with E-state index >= 15 is 0 Å². The number of aromatic nitrogens is 1. The number of para-hydroxylation sites is 1. The molecule has 0 radical (unpaired) electrons. The van der Waals surface area contributed by atoms with E-state index in [1.54, 1.807) is 29.0 Å². The maximum Gasteiger partial charge on any atom is 0.248 e. The quantitative estimate of drug-likeness (QED) is 0.923. The van der Waals surface area contributed by atoms with E-state index in [-0.39, 0.29) is 29.7 Å². The number of hydrogen-bond donors (Lipinski definition) is 1. The number of carbonyl (C=O) groups is 2. The Morgan fingerprint density at radius 1 is 1.17 bits per heavy atom. The first-order valence-electron chi connectivity index (χ1n) is 7.83. The van der Waals surface area contributed by atoms with Gasteiger partial charge in [0, 0.05) is 37.5 Å². The minimum absolute atomic E-state index is 0.0407. The highest BCUT2D eigenvalue weighted by Gasteiger charge is 2.36. The van der Waals surface area contributed by atoms with E-state index in [1.807, 2.05) is 30.3 Å². The number of anilines is 1. The molecule has 0 aliphatic carbocycles. The molecule has 2 aromatic rings. The third kappa shape index (κ3) is 3.37. The van der Waals surface area contributed by atoms with Crippen molar-refractivity contribution in [3.8, 4) is 0 Å². The third-order valence-electron chi connectivity index (χ3n) is 4.15. The average molecular weight is 325 g/mol. The van der Waals surface area contributed by atoms with E-state index < -0.39 is 0 Å². The van der Waals surface area contributed by atoms with Crippen molar-refractivity contribution < 1.29 is 9.59 Å². The highest BCUT2D eigenvalue weighted by molar-refractivity contribution is 6.00. The highest BCUT2D eigenvalue weighted by atomic mass is 16.2. The Morgan fingerprint density at radius 3 is 2.62 bits per heavy atom. The topological polar surface area (TPSA) is 73.5 Å². The SMILES string of the molecule is CN(Cc1cccc(=O)[nH]1)C(=O)C1CC(=O)N(c2ccccc2)C1. The fourth-order valence-corrected chi connectivity index (χ4v) is 2.96. The summed E-state index contributed by atoms with van der Waals surface area (Å²) in [6, 6.07) is 14.2. The van der Waals surface area contributed by atoms with Gasteiger partial charge in [-0.15, -0.1) is 0 Å². The molecule has 24 heavy (non-hydrogen) atoms. The fourth-order valence-electron chi connectivity index (χ4n) is 2.96. The zero-order chi connectivity index (χ0) is 17.1. The molecule has 2 amide bonds. The summed E-state index contributed by atoms with van der Waals surface area (Å²) in [4.78, 5) is 42.1. The minimum Gasteiger partial charge on any atom is -0.340 e. The van der Waals surface area contributed by atoms with Gasteiger partial charge in [-0.05, 0) is 18.2 Å². The Kier molecular flexibility index (Phi) is 4.46. The summed E-state index contributed by atoms with van der Waals surface area (Å²) in [6.07, 6.45) is 0.212. The monoisotopic (exact) mass is 325 g/mol. The van der Waals surface area contributed by atoms with Crippen molar-refractivity contribution in [1.29, 1.82) is 0 Å². The van der Waals surface area contributed by atoms with Gasteiger partial charge in [-0.3, -0.25) is 14.4 Å². The van der Waals surface area contributed by atoms with Gasteiger partial charge in [0.2, 0.25) is 17.4 Å². The molecule has 6 heteroatoms. The minimum atomic E-state index is -0.363. The van der Waals surface area contributed by atoms with E-state index in [1.165, 1.54) is 6.07 Å². The molecule has 2 heterocycles. The Morgan fingerprint density at radius 2 is 1.92 bits per heavy atom. The standard InChI is InChI=1S/C18H19N3O3/c1-20(12-14-6-5-9-16(22)19-14)18(24)13-10-17(23)21(11-13)15-7-3-2-4-8-15/h2-9,13H,10-12H2,1H3,(H,19,22). The van der Waals surface area contributed by atoms with Crippen LogP contribution in [0.15, 0.2) is 53.3 Å². The molecule has 1 aromatic heterocycles. The zero-order valence-electron chi connectivity index (χ0n) is 13.4. The van der Waals surface area contributed by atoms with Gasteiger partial charge >= 0.3 is 0 Å². The van der Waals surface area contributed by atoms with Crippen LogP contribution in [0.25, 0.3) is 0 Å². The van der Waals surface area contributed by atoms with E-state index in [4.69, 9.17) is 0 Å². The second-order valence-corrected chi connectivity index (χ2v) is 5.98. The number of carbonyl (C=O) groups excluding carboxylic acids is 2. The number of amides is 2. The number of H-pyrrole nitrogens is 1. The summed E-state index contributed by atoms with van der Waals surface area (Å²) in [7, 11) is 1.68. The molecule has 0 saturated carbocycles. The van der Waals surface area contributed by atoms with Crippen LogP contribution in [0, 0.1) is 5.92 Å². The van der Waals surface area contributed by atoms with E-state index in [2.05, 4.69) is 4.98 Å². The molecule has 1 aliphatic heterocycles. The molecule has 1 unspecified atom stereocenters. The molecular formula is C18H19N3O3. The molecular weight excluding hydrogens is 306 g/mol. The summed E-state index contributed by atoms with van der Waals surface area (Å²) in [5.41, 5.74) is 1.29.